The van der Waals surface area contributed by atoms with Gasteiger partial charge in [0.05, 0.1) is 33.4 Å². The van der Waals surface area contributed by atoms with E-state index in [0.717, 1.165) is 36.5 Å². The fourth-order valence-corrected chi connectivity index (χ4v) is 4.68. The van der Waals surface area contributed by atoms with E-state index < -0.39 is 10.1 Å². The van der Waals surface area contributed by atoms with Crippen molar-refractivity contribution < 1.29 is 17.9 Å². The van der Waals surface area contributed by atoms with Crippen molar-refractivity contribution in [2.45, 2.75) is 25.3 Å². The summed E-state index contributed by atoms with van der Waals surface area (Å²) in [7, 11) is -4.09. The lowest BCUT2D eigenvalue weighted by Gasteiger charge is -2.20. The molecule has 2 aromatic rings. The van der Waals surface area contributed by atoms with Crippen LogP contribution in [0.5, 0.6) is 0 Å². The van der Waals surface area contributed by atoms with Gasteiger partial charge in [-0.1, -0.05) is 12.1 Å². The van der Waals surface area contributed by atoms with E-state index in [0.29, 0.717) is 12.5 Å². The predicted molar refractivity (Wildman–Crippen MR) is 81.5 cm³/mol. The summed E-state index contributed by atoms with van der Waals surface area (Å²) in [5.74, 6) is -0.261. The number of nitrogens with zero attached hydrogens (tertiary/aromatic N) is 1. The van der Waals surface area contributed by atoms with Crippen LogP contribution in [0.25, 0.3) is 10.2 Å². The van der Waals surface area contributed by atoms with Gasteiger partial charge in [-0.15, -0.1) is 11.3 Å². The van der Waals surface area contributed by atoms with Gasteiger partial charge in [0, 0.05) is 25.0 Å². The van der Waals surface area contributed by atoms with Crippen molar-refractivity contribution in [3.8, 4) is 0 Å². The summed E-state index contributed by atoms with van der Waals surface area (Å²) in [5, 5.41) is 1.13. The zero-order valence-corrected chi connectivity index (χ0v) is 13.3. The largest absolute Gasteiger partial charge is 0.748 e. The molecular formula is C14H18N2O3S2. The van der Waals surface area contributed by atoms with E-state index in [2.05, 4.69) is 6.07 Å². The Kier molecular flexibility index (Phi) is 4.26. The standard InChI is InChI=1S/C14H18N2O3S2/c17-21(18,19)10-4-9-16-8-3-6-12(16)14-15-11-5-1-2-7-13(11)20-14/h1-2,5,7,12H,3-4,6,8-10H2,(H,17,18,19)/t12-/m1/s1. The Hall–Kier alpha value is -1.02. The van der Waals surface area contributed by atoms with Gasteiger partial charge in [-0.2, -0.15) is 0 Å². The predicted octanol–water partition coefficient (Wildman–Crippen LogP) is 0.951. The van der Waals surface area contributed by atoms with Crippen LogP contribution in [0.4, 0.5) is 0 Å². The van der Waals surface area contributed by atoms with Gasteiger partial charge < -0.3 is 9.45 Å². The highest BCUT2D eigenvalue weighted by Crippen LogP contribution is 2.28. The molecular weight excluding hydrogens is 308 g/mol. The Balaban J connectivity index is 1.71. The number of rotatable bonds is 5. The van der Waals surface area contributed by atoms with Crippen LogP contribution in [0.15, 0.2) is 24.3 Å². The van der Waals surface area contributed by atoms with Crippen LogP contribution < -0.4 is 4.90 Å². The van der Waals surface area contributed by atoms with Crippen molar-refractivity contribution in [2.24, 2.45) is 0 Å². The molecule has 1 saturated heterocycles. The molecule has 2 heterocycles. The summed E-state index contributed by atoms with van der Waals surface area (Å²) in [5.41, 5.74) is 1.03. The highest BCUT2D eigenvalue weighted by Gasteiger charge is 2.32. The second kappa shape index (κ2) is 6.00. The Morgan fingerprint density at radius 3 is 2.95 bits per heavy atom. The third-order valence-corrected chi connectivity index (χ3v) is 5.92. The van der Waals surface area contributed by atoms with Gasteiger partial charge in [0.1, 0.15) is 6.04 Å². The van der Waals surface area contributed by atoms with Gasteiger partial charge in [-0.25, -0.2) is 13.4 Å². The second-order valence-electron chi connectivity index (χ2n) is 5.49. The second-order valence-corrected chi connectivity index (χ2v) is 8.07. The van der Waals surface area contributed by atoms with Gasteiger partial charge >= 0.3 is 0 Å². The number of nitrogens with one attached hydrogen (secondary N) is 1. The number of hydrogen-bond acceptors (Lipinski definition) is 5. The summed E-state index contributed by atoms with van der Waals surface area (Å²) in [4.78, 5) is 6.08. The topological polar surface area (TPSA) is 74.5 Å². The van der Waals surface area contributed by atoms with E-state index in [-0.39, 0.29) is 5.75 Å². The molecule has 0 radical (unpaired) electrons. The van der Waals surface area contributed by atoms with Crippen LogP contribution in [0.3, 0.4) is 0 Å². The van der Waals surface area contributed by atoms with Crippen LogP contribution in [0.2, 0.25) is 0 Å². The first kappa shape index (κ1) is 14.9. The minimum Gasteiger partial charge on any atom is -0.748 e. The molecule has 0 spiro atoms. The smallest absolute Gasteiger partial charge is 0.151 e. The molecule has 1 aliphatic rings. The van der Waals surface area contributed by atoms with Crippen LogP contribution in [0, 0.1) is 0 Å². The van der Waals surface area contributed by atoms with E-state index >= 15 is 0 Å². The molecule has 1 fully saturated rings. The van der Waals surface area contributed by atoms with Gasteiger partial charge in [0.25, 0.3) is 0 Å². The van der Waals surface area contributed by atoms with Gasteiger partial charge in [-0.05, 0) is 12.1 Å². The fraction of sp³-hybridized carbons (Fsp3) is 0.500. The Morgan fingerprint density at radius 2 is 2.19 bits per heavy atom. The van der Waals surface area contributed by atoms with E-state index in [4.69, 9.17) is 4.98 Å². The Bertz CT molecular complexity index is 694. The lowest BCUT2D eigenvalue weighted by molar-refractivity contribution is -0.918. The van der Waals surface area contributed by atoms with Gasteiger partial charge in [0.2, 0.25) is 0 Å². The number of aromatic nitrogens is 1. The van der Waals surface area contributed by atoms with Crippen LogP contribution >= 0.6 is 11.3 Å². The average molecular weight is 326 g/mol. The zero-order valence-electron chi connectivity index (χ0n) is 11.6. The van der Waals surface area contributed by atoms with Crippen molar-refractivity contribution in [1.29, 1.82) is 0 Å². The first-order valence-corrected chi connectivity index (χ1v) is 9.56. The average Bonchev–Trinajstić information content (AvgIpc) is 3.02. The molecule has 5 nitrogen and oxygen atoms in total. The van der Waals surface area contributed by atoms with Crippen molar-refractivity contribution in [3.05, 3.63) is 29.3 Å². The maximum absolute atomic E-state index is 10.7. The Labute approximate surface area is 128 Å². The Morgan fingerprint density at radius 1 is 1.38 bits per heavy atom. The van der Waals surface area contributed by atoms with E-state index in [1.54, 1.807) is 11.3 Å². The summed E-state index contributed by atoms with van der Waals surface area (Å²) < 4.78 is 33.3. The van der Waals surface area contributed by atoms with Gasteiger partial charge in [0.15, 0.2) is 5.01 Å². The molecule has 0 amide bonds. The molecule has 2 atom stereocenters. The van der Waals surface area contributed by atoms with Crippen molar-refractivity contribution in [1.82, 2.24) is 4.98 Å². The van der Waals surface area contributed by atoms with Crippen LogP contribution in [0.1, 0.15) is 30.3 Å². The molecule has 1 N–H and O–H groups in total. The number of benzene rings is 1. The number of para-hydroxylation sites is 1. The minimum absolute atomic E-state index is 0.261. The quantitative estimate of drug-likeness (QED) is 0.830. The molecule has 1 aromatic carbocycles. The van der Waals surface area contributed by atoms with Crippen molar-refractivity contribution >= 4 is 31.7 Å². The normalized spacial score (nSPS) is 22.9. The van der Waals surface area contributed by atoms with Crippen LogP contribution in [-0.4, -0.2) is 36.8 Å². The maximum Gasteiger partial charge on any atom is 0.151 e. The summed E-state index contributed by atoms with van der Waals surface area (Å²) in [6.07, 6.45) is 2.64. The summed E-state index contributed by atoms with van der Waals surface area (Å²) in [6, 6.07) is 8.45. The molecule has 0 aliphatic carbocycles. The first-order valence-electron chi connectivity index (χ1n) is 7.16. The third kappa shape index (κ3) is 3.60. The number of fused-ring (bicyclic) bond motifs is 1. The lowest BCUT2D eigenvalue weighted by atomic mass is 10.2. The van der Waals surface area contributed by atoms with E-state index in [1.807, 2.05) is 18.2 Å². The van der Waals surface area contributed by atoms with Crippen molar-refractivity contribution in [2.75, 3.05) is 18.8 Å². The number of likely N-dealkylation sites (tertiary alicyclic amines) is 1. The molecule has 3 rings (SSSR count). The van der Waals surface area contributed by atoms with Crippen molar-refractivity contribution in [3.63, 3.8) is 0 Å². The van der Waals surface area contributed by atoms with E-state index in [9.17, 15) is 13.0 Å². The highest BCUT2D eigenvalue weighted by molar-refractivity contribution is 7.85. The molecule has 0 bridgehead atoms. The highest BCUT2D eigenvalue weighted by atomic mass is 32.2. The molecule has 1 aromatic heterocycles. The molecule has 1 aliphatic heterocycles. The fourth-order valence-electron chi connectivity index (χ4n) is 3.02. The van der Waals surface area contributed by atoms with E-state index in [1.165, 1.54) is 9.60 Å². The summed E-state index contributed by atoms with van der Waals surface area (Å²) in [6.45, 7) is 1.75. The molecule has 21 heavy (non-hydrogen) atoms. The minimum atomic E-state index is -4.09. The molecule has 114 valence electrons. The number of thiazole rings is 1. The first-order chi connectivity index (χ1) is 10.0. The lowest BCUT2D eigenvalue weighted by Crippen LogP contribution is -3.10. The number of hydrogen-bond donors (Lipinski definition) is 1. The van der Waals surface area contributed by atoms with Crippen LogP contribution in [-0.2, 0) is 10.1 Å². The molecule has 0 saturated carbocycles. The van der Waals surface area contributed by atoms with Gasteiger partial charge in [-0.3, -0.25) is 0 Å². The SMILES string of the molecule is O=S(=O)([O-])CCC[NH+]1CCC[C@@H]1c1nc2ccccc2s1. The monoisotopic (exact) mass is 326 g/mol. The maximum atomic E-state index is 10.7. The molecule has 1 unspecified atom stereocenters. The number of quaternary nitrogens is 1. The molecule has 7 heteroatoms. The third-order valence-electron chi connectivity index (χ3n) is 3.98. The summed E-state index contributed by atoms with van der Waals surface area (Å²) >= 11 is 1.73. The zero-order chi connectivity index (χ0) is 14.9.